The summed E-state index contributed by atoms with van der Waals surface area (Å²) in [6, 6.07) is 1.48. The third kappa shape index (κ3) is 2.70. The Morgan fingerprint density at radius 2 is 1.90 bits per heavy atom. The maximum Gasteiger partial charge on any atom is 0.194 e. The van der Waals surface area contributed by atoms with Gasteiger partial charge in [0.15, 0.2) is 17.5 Å². The molecule has 1 aromatic heterocycles. The minimum atomic E-state index is -1.46. The zero-order chi connectivity index (χ0) is 14.7. The van der Waals surface area contributed by atoms with E-state index in [2.05, 4.69) is 10.3 Å². The Morgan fingerprint density at radius 1 is 1.25 bits per heavy atom. The second-order valence-corrected chi connectivity index (χ2v) is 4.50. The molecule has 0 fully saturated rings. The molecule has 0 spiro atoms. The number of hydrogen-bond acceptors (Lipinski definition) is 2. The van der Waals surface area contributed by atoms with Crippen LogP contribution in [-0.4, -0.2) is 16.6 Å². The monoisotopic (exact) mass is 283 g/mol. The molecule has 0 bridgehead atoms. The van der Waals surface area contributed by atoms with Crippen molar-refractivity contribution in [3.63, 3.8) is 0 Å². The molecule has 0 aliphatic heterocycles. The van der Waals surface area contributed by atoms with E-state index >= 15 is 0 Å². The van der Waals surface area contributed by atoms with E-state index in [0.717, 1.165) is 25.1 Å². The Hall–Kier alpha value is -1.82. The minimum Gasteiger partial charge on any atom is -0.333 e. The first-order valence-electron chi connectivity index (χ1n) is 6.41. The summed E-state index contributed by atoms with van der Waals surface area (Å²) in [5.41, 5.74) is 0.299. The highest BCUT2D eigenvalue weighted by Crippen LogP contribution is 2.24. The summed E-state index contributed by atoms with van der Waals surface area (Å²) in [5, 5.41) is 2.95. The van der Waals surface area contributed by atoms with Crippen molar-refractivity contribution in [2.75, 3.05) is 7.05 Å². The zero-order valence-electron chi connectivity index (χ0n) is 11.3. The average molecular weight is 283 g/mol. The lowest BCUT2D eigenvalue weighted by Gasteiger charge is -2.18. The van der Waals surface area contributed by atoms with E-state index in [-0.39, 0.29) is 0 Å². The van der Waals surface area contributed by atoms with Crippen LogP contribution in [0.4, 0.5) is 13.2 Å². The van der Waals surface area contributed by atoms with Gasteiger partial charge in [0.2, 0.25) is 0 Å². The lowest BCUT2D eigenvalue weighted by atomic mass is 10.1. The molecule has 20 heavy (non-hydrogen) atoms. The lowest BCUT2D eigenvalue weighted by Crippen LogP contribution is -2.22. The van der Waals surface area contributed by atoms with Crippen molar-refractivity contribution in [1.29, 1.82) is 0 Å². The third-order valence-electron chi connectivity index (χ3n) is 3.10. The average Bonchev–Trinajstić information content (AvgIpc) is 2.86. The van der Waals surface area contributed by atoms with Gasteiger partial charge in [0, 0.05) is 18.9 Å². The van der Waals surface area contributed by atoms with E-state index in [1.165, 1.54) is 0 Å². The summed E-state index contributed by atoms with van der Waals surface area (Å²) in [6.45, 7) is 2.77. The predicted octanol–water partition coefficient (Wildman–Crippen LogP) is 3.02. The van der Waals surface area contributed by atoms with Gasteiger partial charge in [0.25, 0.3) is 0 Å². The quantitative estimate of drug-likeness (QED) is 0.855. The van der Waals surface area contributed by atoms with Crippen molar-refractivity contribution in [2.45, 2.75) is 25.9 Å². The molecule has 3 nitrogen and oxygen atoms in total. The van der Waals surface area contributed by atoms with Crippen LogP contribution in [0, 0.1) is 17.5 Å². The van der Waals surface area contributed by atoms with E-state index in [1.54, 1.807) is 19.4 Å². The second-order valence-electron chi connectivity index (χ2n) is 4.50. The first-order chi connectivity index (χ1) is 9.58. The molecule has 0 amide bonds. The molecule has 1 aromatic carbocycles. The Balaban J connectivity index is 2.44. The van der Waals surface area contributed by atoms with Gasteiger partial charge >= 0.3 is 0 Å². The van der Waals surface area contributed by atoms with Crippen LogP contribution in [0.5, 0.6) is 0 Å². The fourth-order valence-corrected chi connectivity index (χ4v) is 2.20. The van der Waals surface area contributed by atoms with Crippen LogP contribution in [-0.2, 0) is 6.54 Å². The van der Waals surface area contributed by atoms with E-state index < -0.39 is 23.5 Å². The highest BCUT2D eigenvalue weighted by Gasteiger charge is 2.21. The fourth-order valence-electron chi connectivity index (χ4n) is 2.20. The molecule has 1 atom stereocenters. The number of aromatic nitrogens is 2. The Labute approximate surface area is 115 Å². The topological polar surface area (TPSA) is 29.9 Å². The van der Waals surface area contributed by atoms with Crippen LogP contribution < -0.4 is 5.32 Å². The lowest BCUT2D eigenvalue weighted by molar-refractivity contribution is 0.442. The summed E-state index contributed by atoms with van der Waals surface area (Å²) < 4.78 is 41.6. The molecule has 108 valence electrons. The zero-order valence-corrected chi connectivity index (χ0v) is 11.3. The Kier molecular flexibility index (Phi) is 4.44. The molecular weight excluding hydrogens is 267 g/mol. The molecular formula is C14H16F3N3. The molecule has 6 heteroatoms. The molecule has 2 aromatic rings. The van der Waals surface area contributed by atoms with Gasteiger partial charge in [-0.3, -0.25) is 0 Å². The van der Waals surface area contributed by atoms with E-state index in [9.17, 15) is 13.2 Å². The van der Waals surface area contributed by atoms with E-state index in [0.29, 0.717) is 11.4 Å². The summed E-state index contributed by atoms with van der Waals surface area (Å²) >= 11 is 0. The molecule has 2 rings (SSSR count). The van der Waals surface area contributed by atoms with Crippen molar-refractivity contribution in [3.8, 4) is 0 Å². The molecule has 0 aliphatic rings. The molecule has 1 unspecified atom stereocenters. The van der Waals surface area contributed by atoms with Gasteiger partial charge in [0.1, 0.15) is 5.82 Å². The number of hydrogen-bond donors (Lipinski definition) is 1. The highest BCUT2D eigenvalue weighted by molar-refractivity contribution is 5.27. The molecule has 0 radical (unpaired) electrons. The van der Waals surface area contributed by atoms with Gasteiger partial charge in [-0.2, -0.15) is 0 Å². The number of halogens is 3. The Bertz CT molecular complexity index is 572. The largest absolute Gasteiger partial charge is 0.333 e. The van der Waals surface area contributed by atoms with Crippen LogP contribution >= 0.6 is 0 Å². The molecule has 0 saturated heterocycles. The van der Waals surface area contributed by atoms with Gasteiger partial charge in [-0.05, 0) is 31.2 Å². The first-order valence-corrected chi connectivity index (χ1v) is 6.41. The van der Waals surface area contributed by atoms with Crippen molar-refractivity contribution < 1.29 is 13.2 Å². The predicted molar refractivity (Wildman–Crippen MR) is 69.7 cm³/mol. The number of nitrogens with one attached hydrogen (secondary N) is 1. The fraction of sp³-hybridized carbons (Fsp3) is 0.357. The molecule has 0 aliphatic carbocycles. The van der Waals surface area contributed by atoms with Crippen molar-refractivity contribution in [1.82, 2.24) is 14.9 Å². The smallest absolute Gasteiger partial charge is 0.194 e. The standard InChI is InChI=1S/C14H16F3N3/c1-3-5-20-6-4-19-14(20)13(18-2)9-7-10(15)12(17)11(16)8-9/h4,6-8,13,18H,3,5H2,1-2H3. The Morgan fingerprint density at radius 3 is 2.45 bits per heavy atom. The summed E-state index contributed by atoms with van der Waals surface area (Å²) in [4.78, 5) is 4.23. The second kappa shape index (κ2) is 6.09. The van der Waals surface area contributed by atoms with Crippen LogP contribution in [0.3, 0.4) is 0 Å². The van der Waals surface area contributed by atoms with Gasteiger partial charge < -0.3 is 9.88 Å². The van der Waals surface area contributed by atoms with Gasteiger partial charge in [-0.1, -0.05) is 6.92 Å². The van der Waals surface area contributed by atoms with E-state index in [1.807, 2.05) is 11.5 Å². The number of aryl methyl sites for hydroxylation is 1. The number of rotatable bonds is 5. The van der Waals surface area contributed by atoms with Gasteiger partial charge in [0.05, 0.1) is 6.04 Å². The van der Waals surface area contributed by atoms with Gasteiger partial charge in [-0.15, -0.1) is 0 Å². The highest BCUT2D eigenvalue weighted by atomic mass is 19.2. The maximum atomic E-state index is 13.4. The number of nitrogens with zero attached hydrogens (tertiary/aromatic N) is 2. The van der Waals surface area contributed by atoms with Crippen molar-refractivity contribution >= 4 is 0 Å². The van der Waals surface area contributed by atoms with E-state index in [4.69, 9.17) is 0 Å². The maximum absolute atomic E-state index is 13.4. The third-order valence-corrected chi connectivity index (χ3v) is 3.10. The molecule has 1 N–H and O–H groups in total. The molecule has 1 heterocycles. The first kappa shape index (κ1) is 14.6. The van der Waals surface area contributed by atoms with Crippen LogP contribution in [0.25, 0.3) is 0 Å². The SMILES string of the molecule is CCCn1ccnc1C(NC)c1cc(F)c(F)c(F)c1. The van der Waals surface area contributed by atoms with Gasteiger partial charge in [-0.25, -0.2) is 18.2 Å². The summed E-state index contributed by atoms with van der Waals surface area (Å²) in [5.74, 6) is -3.22. The van der Waals surface area contributed by atoms with Crippen LogP contribution in [0.1, 0.15) is 30.8 Å². The van der Waals surface area contributed by atoms with Crippen molar-refractivity contribution in [2.24, 2.45) is 0 Å². The van der Waals surface area contributed by atoms with Crippen LogP contribution in [0.2, 0.25) is 0 Å². The minimum absolute atomic E-state index is 0.299. The summed E-state index contributed by atoms with van der Waals surface area (Å²) in [6.07, 6.45) is 4.34. The number of benzene rings is 1. The molecule has 0 saturated carbocycles. The van der Waals surface area contributed by atoms with Crippen LogP contribution in [0.15, 0.2) is 24.5 Å². The van der Waals surface area contributed by atoms with Crippen molar-refractivity contribution in [3.05, 3.63) is 53.4 Å². The number of imidazole rings is 1. The summed E-state index contributed by atoms with van der Waals surface area (Å²) in [7, 11) is 1.66. The normalized spacial score (nSPS) is 12.7.